The number of allylic oxidation sites excluding steroid dienone is 1. The first kappa shape index (κ1) is 31.6. The van der Waals surface area contributed by atoms with Gasteiger partial charge in [0.15, 0.2) is 0 Å². The van der Waals surface area contributed by atoms with Crippen molar-refractivity contribution in [3.63, 3.8) is 0 Å². The van der Waals surface area contributed by atoms with E-state index in [0.29, 0.717) is 6.42 Å². The van der Waals surface area contributed by atoms with Gasteiger partial charge in [0.05, 0.1) is 33.5 Å². The summed E-state index contributed by atoms with van der Waals surface area (Å²) in [5.74, 6) is -1.06. The van der Waals surface area contributed by atoms with Crippen LogP contribution >= 0.6 is 0 Å². The van der Waals surface area contributed by atoms with Crippen LogP contribution in [0.4, 0.5) is 11.4 Å². The molecule has 5 atom stereocenters. The number of carbonyl (C=O) groups excluding carboxylic acids is 2. The Morgan fingerprint density at radius 1 is 0.933 bits per heavy atom. The number of non-ortho nitro benzene ring substituents is 2. The Morgan fingerprint density at radius 3 is 2.09 bits per heavy atom. The lowest BCUT2D eigenvalue weighted by molar-refractivity contribution is -0.385. The van der Waals surface area contributed by atoms with Gasteiger partial charge in [-0.25, -0.2) is 9.59 Å². The van der Waals surface area contributed by atoms with Crippen LogP contribution in [-0.2, 0) is 15.9 Å². The molecule has 3 aromatic rings. The first-order chi connectivity index (χ1) is 21.4. The van der Waals surface area contributed by atoms with Crippen molar-refractivity contribution in [2.45, 2.75) is 58.5 Å². The quantitative estimate of drug-likeness (QED) is 0.0975. The van der Waals surface area contributed by atoms with Crippen LogP contribution in [-0.4, -0.2) is 34.5 Å². The topological polar surface area (TPSA) is 152 Å². The number of ether oxygens (including phenoxy) is 2. The number of fused-ring (bicyclic) bond motifs is 1. The number of aryl methyl sites for hydroxylation is 1. The van der Waals surface area contributed by atoms with Gasteiger partial charge in [0.25, 0.3) is 11.4 Å². The Labute approximate surface area is 260 Å². The zero-order chi connectivity index (χ0) is 32.4. The van der Waals surface area contributed by atoms with Gasteiger partial charge in [0.2, 0.25) is 0 Å². The monoisotopic (exact) mass is 616 g/mol. The van der Waals surface area contributed by atoms with Gasteiger partial charge < -0.3 is 13.9 Å². The first-order valence-electron chi connectivity index (χ1n) is 15.0. The molecule has 0 bridgehead atoms. The van der Waals surface area contributed by atoms with Crippen LogP contribution in [0, 0.1) is 42.9 Å². The molecule has 1 aromatic heterocycles. The highest BCUT2D eigenvalue weighted by molar-refractivity contribution is 5.90. The fraction of sp³-hybridized carbons (Fsp3) is 0.412. The summed E-state index contributed by atoms with van der Waals surface area (Å²) in [6.07, 6.45) is 7.34. The number of hydrogen-bond donors (Lipinski definition) is 0. The third-order valence-corrected chi connectivity index (χ3v) is 10.0. The molecule has 0 amide bonds. The Kier molecular flexibility index (Phi) is 8.90. The van der Waals surface area contributed by atoms with Crippen LogP contribution < -0.4 is 0 Å². The Bertz CT molecular complexity index is 1580. The lowest BCUT2D eigenvalue weighted by Crippen LogP contribution is -2.58. The normalized spacial score (nSPS) is 26.0. The molecule has 2 aromatic carbocycles. The Hall–Kier alpha value is -4.80. The highest BCUT2D eigenvalue weighted by Gasteiger charge is 2.59. The maximum Gasteiger partial charge on any atom is 0.338 e. The van der Waals surface area contributed by atoms with Crippen molar-refractivity contribution in [3.05, 3.63) is 116 Å². The average molecular weight is 617 g/mol. The highest BCUT2D eigenvalue weighted by Crippen LogP contribution is 2.62. The van der Waals surface area contributed by atoms with E-state index in [4.69, 9.17) is 13.9 Å². The lowest BCUT2D eigenvalue weighted by atomic mass is 9.46. The fourth-order valence-corrected chi connectivity index (χ4v) is 7.58. The molecule has 0 N–H and O–H groups in total. The van der Waals surface area contributed by atoms with Crippen LogP contribution in [0.5, 0.6) is 0 Å². The summed E-state index contributed by atoms with van der Waals surface area (Å²) in [6, 6.07) is 12.4. The van der Waals surface area contributed by atoms with Crippen molar-refractivity contribution in [2.75, 3.05) is 6.61 Å². The van der Waals surface area contributed by atoms with E-state index in [9.17, 15) is 29.8 Å². The molecule has 0 saturated heterocycles. The zero-order valence-corrected chi connectivity index (χ0v) is 25.3. The van der Waals surface area contributed by atoms with Crippen molar-refractivity contribution in [1.82, 2.24) is 0 Å². The SMILES string of the molecule is C=C1CCC2[C@](C)(COC(=O)c3ccc([N+](=O)[O-])cc3)C(OC(=O)c3ccc([N+](=O)[O-])cc3)CC[C@@]2(C)[C@@H]1CCc1ccoc1. The minimum absolute atomic E-state index is 0.00192. The third kappa shape index (κ3) is 6.38. The van der Waals surface area contributed by atoms with Gasteiger partial charge in [-0.3, -0.25) is 20.2 Å². The van der Waals surface area contributed by atoms with Crippen molar-refractivity contribution >= 4 is 23.3 Å². The van der Waals surface area contributed by atoms with Crippen molar-refractivity contribution < 1.29 is 33.3 Å². The molecule has 11 nitrogen and oxygen atoms in total. The summed E-state index contributed by atoms with van der Waals surface area (Å²) in [4.78, 5) is 47.6. The standard InChI is InChI=1S/C34H36N2O9/c1-22-4-15-29-33(2,28(22)14-5-23-17-19-43-20-23)18-16-30(45-32(38)25-8-12-27(13-9-25)36(41)42)34(29,3)21-44-31(37)24-6-10-26(11-7-24)35(39)40/h6-13,17,19-20,28-30H,1,4-5,14-16,18,21H2,2-3H3/t28-,29?,30?,33+,34+/m1/s1. The van der Waals surface area contributed by atoms with Crippen LogP contribution in [0.3, 0.4) is 0 Å². The number of furan rings is 1. The number of carbonyl (C=O) groups is 2. The van der Waals surface area contributed by atoms with Crippen LogP contribution in [0.15, 0.2) is 83.7 Å². The average Bonchev–Trinajstić information content (AvgIpc) is 3.55. The molecule has 2 aliphatic rings. The summed E-state index contributed by atoms with van der Waals surface area (Å²) >= 11 is 0. The van der Waals surface area contributed by atoms with E-state index in [1.54, 1.807) is 12.5 Å². The van der Waals surface area contributed by atoms with E-state index in [1.165, 1.54) is 54.1 Å². The predicted molar refractivity (Wildman–Crippen MR) is 164 cm³/mol. The van der Waals surface area contributed by atoms with E-state index in [-0.39, 0.29) is 46.4 Å². The minimum Gasteiger partial charge on any atom is -0.472 e. The summed E-state index contributed by atoms with van der Waals surface area (Å²) in [5, 5.41) is 22.2. The first-order valence-corrected chi connectivity index (χ1v) is 15.0. The third-order valence-electron chi connectivity index (χ3n) is 10.0. The van der Waals surface area contributed by atoms with E-state index < -0.39 is 33.3 Å². The molecule has 2 saturated carbocycles. The largest absolute Gasteiger partial charge is 0.472 e. The number of rotatable bonds is 10. The number of esters is 2. The second-order valence-electron chi connectivity index (χ2n) is 12.6. The molecule has 236 valence electrons. The minimum atomic E-state index is -0.783. The van der Waals surface area contributed by atoms with Crippen molar-refractivity contribution in [2.24, 2.45) is 22.7 Å². The molecule has 1 heterocycles. The maximum atomic E-state index is 13.3. The number of benzene rings is 2. The molecule has 2 aliphatic carbocycles. The predicted octanol–water partition coefficient (Wildman–Crippen LogP) is 7.50. The smallest absolute Gasteiger partial charge is 0.338 e. The molecule has 0 aliphatic heterocycles. The van der Waals surface area contributed by atoms with Gasteiger partial charge in [-0.15, -0.1) is 0 Å². The number of hydrogen-bond acceptors (Lipinski definition) is 9. The van der Waals surface area contributed by atoms with Gasteiger partial charge in [-0.05, 0) is 91.7 Å². The summed E-state index contributed by atoms with van der Waals surface area (Å²) < 4.78 is 17.3. The van der Waals surface area contributed by atoms with Gasteiger partial charge in [-0.2, -0.15) is 0 Å². The molecule has 11 heteroatoms. The second-order valence-corrected chi connectivity index (χ2v) is 12.6. The molecule has 0 spiro atoms. The van der Waals surface area contributed by atoms with Crippen LogP contribution in [0.25, 0.3) is 0 Å². The number of nitrogens with zero attached hydrogens (tertiary/aromatic N) is 2. The van der Waals surface area contributed by atoms with Crippen molar-refractivity contribution in [3.8, 4) is 0 Å². The Morgan fingerprint density at radius 2 is 1.53 bits per heavy atom. The molecule has 45 heavy (non-hydrogen) atoms. The number of nitro groups is 2. The molecule has 2 fully saturated rings. The second kappa shape index (κ2) is 12.7. The zero-order valence-electron chi connectivity index (χ0n) is 25.3. The Balaban J connectivity index is 1.42. The van der Waals surface area contributed by atoms with E-state index in [2.05, 4.69) is 13.5 Å². The molecule has 2 unspecified atom stereocenters. The van der Waals surface area contributed by atoms with Crippen LogP contribution in [0.2, 0.25) is 0 Å². The fourth-order valence-electron chi connectivity index (χ4n) is 7.58. The van der Waals surface area contributed by atoms with E-state index >= 15 is 0 Å². The summed E-state index contributed by atoms with van der Waals surface area (Å²) in [5.41, 5.74) is 1.39. The number of nitro benzene ring substituents is 2. The summed E-state index contributed by atoms with van der Waals surface area (Å²) in [6.45, 7) is 8.66. The van der Waals surface area contributed by atoms with Gasteiger partial charge in [-0.1, -0.05) is 26.0 Å². The van der Waals surface area contributed by atoms with Crippen molar-refractivity contribution in [1.29, 1.82) is 0 Å². The molecule has 5 rings (SSSR count). The van der Waals surface area contributed by atoms with Gasteiger partial charge >= 0.3 is 11.9 Å². The molecular formula is C34H36N2O9. The van der Waals surface area contributed by atoms with E-state index in [1.807, 2.05) is 13.0 Å². The highest BCUT2D eigenvalue weighted by atomic mass is 16.6. The molecule has 0 radical (unpaired) electrons. The van der Waals surface area contributed by atoms with Gasteiger partial charge in [0, 0.05) is 29.7 Å². The van der Waals surface area contributed by atoms with E-state index in [0.717, 1.165) is 37.7 Å². The maximum absolute atomic E-state index is 13.3. The van der Waals surface area contributed by atoms with Gasteiger partial charge in [0.1, 0.15) is 12.7 Å². The molecular weight excluding hydrogens is 580 g/mol. The summed E-state index contributed by atoms with van der Waals surface area (Å²) in [7, 11) is 0. The lowest BCUT2D eigenvalue weighted by Gasteiger charge is -2.60. The van der Waals surface area contributed by atoms with Crippen LogP contribution in [0.1, 0.15) is 72.2 Å².